The van der Waals surface area contributed by atoms with Crippen molar-refractivity contribution < 1.29 is 31.9 Å². The Morgan fingerprint density at radius 2 is 2.17 bits per heavy atom. The Labute approximate surface area is 163 Å². The first-order valence-corrected chi connectivity index (χ1v) is 8.86. The topological polar surface area (TPSA) is 83.0 Å². The van der Waals surface area contributed by atoms with E-state index in [0.29, 0.717) is 30.8 Å². The summed E-state index contributed by atoms with van der Waals surface area (Å²) < 4.78 is 54.5. The number of nitrogens with one attached hydrogen (secondary N) is 2. The highest BCUT2D eigenvalue weighted by Gasteiger charge is 2.33. The Morgan fingerprint density at radius 1 is 1.41 bits per heavy atom. The first-order valence-electron chi connectivity index (χ1n) is 8.86. The summed E-state index contributed by atoms with van der Waals surface area (Å²) in [5, 5.41) is 5.35. The lowest BCUT2D eigenvalue weighted by Gasteiger charge is -2.32. The summed E-state index contributed by atoms with van der Waals surface area (Å²) in [4.78, 5) is 30.0. The number of carbonyl (C=O) groups is 2. The van der Waals surface area contributed by atoms with Crippen molar-refractivity contribution in [2.75, 3.05) is 6.54 Å². The van der Waals surface area contributed by atoms with Crippen LogP contribution in [0.1, 0.15) is 37.8 Å². The molecule has 2 aliphatic rings. The Morgan fingerprint density at radius 3 is 2.83 bits per heavy atom. The number of allylic oxidation sites excluding steroid dienone is 1. The van der Waals surface area contributed by atoms with Gasteiger partial charge in [-0.1, -0.05) is 13.0 Å². The third-order valence-electron chi connectivity index (χ3n) is 4.39. The smallest absolute Gasteiger partial charge is 0.403 e. The maximum absolute atomic E-state index is 14.0. The fourth-order valence-electron chi connectivity index (χ4n) is 3.08. The van der Waals surface area contributed by atoms with Crippen molar-refractivity contribution in [3.05, 3.63) is 41.1 Å². The van der Waals surface area contributed by atoms with E-state index in [4.69, 9.17) is 0 Å². The SMILES string of the molecule is CCC(NC(=O)N1CC(=O)NC2=C1N=CCC2)c1ccc(OC(F)(F)F)c(F)c1. The molecular weight excluding hydrogens is 396 g/mol. The van der Waals surface area contributed by atoms with Crippen LogP contribution in [0.25, 0.3) is 0 Å². The number of hydrogen-bond acceptors (Lipinski definition) is 4. The molecule has 0 bridgehead atoms. The summed E-state index contributed by atoms with van der Waals surface area (Å²) in [7, 11) is 0. The van der Waals surface area contributed by atoms with Crippen LogP contribution in [0.2, 0.25) is 0 Å². The number of benzene rings is 1. The van der Waals surface area contributed by atoms with Crippen molar-refractivity contribution >= 4 is 18.2 Å². The minimum absolute atomic E-state index is 0.231. The second kappa shape index (κ2) is 8.10. The Kier molecular flexibility index (Phi) is 5.76. The van der Waals surface area contributed by atoms with Crippen LogP contribution >= 0.6 is 0 Å². The molecule has 1 unspecified atom stereocenters. The van der Waals surface area contributed by atoms with Gasteiger partial charge in [0.1, 0.15) is 6.54 Å². The molecule has 156 valence electrons. The predicted molar refractivity (Wildman–Crippen MR) is 94.2 cm³/mol. The van der Waals surface area contributed by atoms with Crippen LogP contribution in [-0.4, -0.2) is 36.0 Å². The Hall–Kier alpha value is -3.11. The number of halogens is 4. The average Bonchev–Trinajstić information content (AvgIpc) is 2.65. The number of urea groups is 1. The van der Waals surface area contributed by atoms with Gasteiger partial charge in [-0.2, -0.15) is 0 Å². The second-order valence-corrected chi connectivity index (χ2v) is 6.43. The molecule has 0 fully saturated rings. The summed E-state index contributed by atoms with van der Waals surface area (Å²) in [6.45, 7) is 1.49. The molecule has 29 heavy (non-hydrogen) atoms. The molecule has 0 aliphatic carbocycles. The van der Waals surface area contributed by atoms with Crippen LogP contribution < -0.4 is 15.4 Å². The molecule has 1 aromatic rings. The normalized spacial score (nSPS) is 17.6. The zero-order chi connectivity index (χ0) is 21.2. The zero-order valence-electron chi connectivity index (χ0n) is 15.3. The first-order chi connectivity index (χ1) is 13.7. The van der Waals surface area contributed by atoms with Crippen LogP contribution in [0.5, 0.6) is 5.75 Å². The van der Waals surface area contributed by atoms with Gasteiger partial charge in [0.2, 0.25) is 5.91 Å². The molecule has 0 saturated heterocycles. The maximum atomic E-state index is 14.0. The number of nitrogens with zero attached hydrogens (tertiary/aromatic N) is 2. The summed E-state index contributed by atoms with van der Waals surface area (Å²) in [6, 6.07) is 1.66. The number of alkyl halides is 3. The van der Waals surface area contributed by atoms with Crippen molar-refractivity contribution in [1.82, 2.24) is 15.5 Å². The van der Waals surface area contributed by atoms with Gasteiger partial charge < -0.3 is 15.4 Å². The van der Waals surface area contributed by atoms with E-state index in [9.17, 15) is 27.2 Å². The highest BCUT2D eigenvalue weighted by atomic mass is 19.4. The molecule has 0 saturated carbocycles. The van der Waals surface area contributed by atoms with Crippen molar-refractivity contribution in [1.29, 1.82) is 0 Å². The van der Waals surface area contributed by atoms with Gasteiger partial charge in [-0.25, -0.2) is 14.2 Å². The minimum Gasteiger partial charge on any atom is -0.403 e. The first kappa shape index (κ1) is 20.6. The van der Waals surface area contributed by atoms with Gasteiger partial charge in [0.15, 0.2) is 17.4 Å². The molecule has 3 amide bonds. The molecule has 2 aliphatic heterocycles. The fraction of sp³-hybridized carbons (Fsp3) is 0.389. The van der Waals surface area contributed by atoms with Crippen molar-refractivity contribution in [3.8, 4) is 5.75 Å². The molecule has 2 N–H and O–H groups in total. The summed E-state index contributed by atoms with van der Waals surface area (Å²) >= 11 is 0. The highest BCUT2D eigenvalue weighted by molar-refractivity contribution is 5.89. The number of amides is 3. The number of carbonyl (C=O) groups excluding carboxylic acids is 2. The molecular formula is C18H18F4N4O3. The summed E-state index contributed by atoms with van der Waals surface area (Å²) in [5.74, 6) is -2.18. The van der Waals surface area contributed by atoms with Crippen LogP contribution in [0.3, 0.4) is 0 Å². The largest absolute Gasteiger partial charge is 0.573 e. The van der Waals surface area contributed by atoms with E-state index in [1.54, 1.807) is 13.1 Å². The number of aliphatic imine (C=N–C) groups is 1. The molecule has 0 aromatic heterocycles. The number of ether oxygens (including phenoxy) is 1. The molecule has 2 heterocycles. The van der Waals surface area contributed by atoms with E-state index in [2.05, 4.69) is 20.4 Å². The van der Waals surface area contributed by atoms with E-state index >= 15 is 0 Å². The van der Waals surface area contributed by atoms with Gasteiger partial charge in [0.25, 0.3) is 0 Å². The third kappa shape index (κ3) is 4.84. The Bertz CT molecular complexity index is 882. The number of rotatable bonds is 4. The molecule has 11 heteroatoms. The zero-order valence-corrected chi connectivity index (χ0v) is 15.3. The van der Waals surface area contributed by atoms with E-state index in [0.717, 1.165) is 12.1 Å². The van der Waals surface area contributed by atoms with Crippen LogP contribution in [0, 0.1) is 5.82 Å². The monoisotopic (exact) mass is 414 g/mol. The second-order valence-electron chi connectivity index (χ2n) is 6.43. The third-order valence-corrected chi connectivity index (χ3v) is 4.39. The van der Waals surface area contributed by atoms with Gasteiger partial charge in [-0.15, -0.1) is 13.2 Å². The lowest BCUT2D eigenvalue weighted by atomic mass is 10.0. The minimum atomic E-state index is -5.01. The van der Waals surface area contributed by atoms with Crippen LogP contribution in [0.4, 0.5) is 22.4 Å². The molecule has 1 atom stereocenters. The number of hydrogen-bond donors (Lipinski definition) is 2. The summed E-state index contributed by atoms with van der Waals surface area (Å²) in [5.41, 5.74) is 0.808. The van der Waals surface area contributed by atoms with Gasteiger partial charge in [0.05, 0.1) is 11.7 Å². The van der Waals surface area contributed by atoms with Gasteiger partial charge in [-0.05, 0) is 37.0 Å². The van der Waals surface area contributed by atoms with Crippen molar-refractivity contribution in [2.45, 2.75) is 38.6 Å². The lowest BCUT2D eigenvalue weighted by molar-refractivity contribution is -0.275. The van der Waals surface area contributed by atoms with E-state index in [1.807, 2.05) is 0 Å². The Balaban J connectivity index is 1.77. The van der Waals surface area contributed by atoms with Crippen molar-refractivity contribution in [3.63, 3.8) is 0 Å². The van der Waals surface area contributed by atoms with E-state index < -0.39 is 30.0 Å². The quantitative estimate of drug-likeness (QED) is 0.742. The standard InChI is InChI=1S/C18H18F4N4O3/c1-2-12(10-5-6-14(11(19)8-10)29-18(20,21)22)25-17(28)26-9-15(27)24-13-4-3-7-23-16(13)26/h5-8,12H,2-4,9H2,1H3,(H,24,27)(H,25,28). The predicted octanol–water partition coefficient (Wildman–Crippen LogP) is 3.35. The molecule has 3 rings (SSSR count). The molecule has 1 aromatic carbocycles. The van der Waals surface area contributed by atoms with Crippen LogP contribution in [0.15, 0.2) is 34.7 Å². The molecule has 0 radical (unpaired) electrons. The van der Waals surface area contributed by atoms with E-state index in [1.165, 1.54) is 11.0 Å². The van der Waals surface area contributed by atoms with E-state index in [-0.39, 0.29) is 18.0 Å². The van der Waals surface area contributed by atoms with Crippen LogP contribution in [-0.2, 0) is 4.79 Å². The lowest BCUT2D eigenvalue weighted by Crippen LogP contribution is -2.50. The average molecular weight is 414 g/mol. The summed E-state index contributed by atoms with van der Waals surface area (Å²) in [6.07, 6.45) is -1.86. The highest BCUT2D eigenvalue weighted by Crippen LogP contribution is 2.29. The van der Waals surface area contributed by atoms with Crippen molar-refractivity contribution in [2.24, 2.45) is 4.99 Å². The fourth-order valence-corrected chi connectivity index (χ4v) is 3.08. The maximum Gasteiger partial charge on any atom is 0.573 e. The molecule has 7 nitrogen and oxygen atoms in total. The van der Waals surface area contributed by atoms with Gasteiger partial charge in [-0.3, -0.25) is 9.69 Å². The molecule has 0 spiro atoms. The van der Waals surface area contributed by atoms with Gasteiger partial charge in [0, 0.05) is 6.21 Å². The van der Waals surface area contributed by atoms with Gasteiger partial charge >= 0.3 is 12.4 Å².